The molecule has 2 aromatic carbocycles. The third-order valence-electron chi connectivity index (χ3n) is 2.83. The molecule has 0 saturated heterocycles. The summed E-state index contributed by atoms with van der Waals surface area (Å²) >= 11 is 0. The van der Waals surface area contributed by atoms with Crippen LogP contribution in [0.1, 0.15) is 5.56 Å². The number of hydrogen-bond donors (Lipinski definition) is 1. The zero-order chi connectivity index (χ0) is 13.8. The molecule has 100 valence electrons. The number of halogens is 1. The third kappa shape index (κ3) is 2.66. The Kier molecular flexibility index (Phi) is 3.41. The van der Waals surface area contributed by atoms with E-state index in [1.54, 1.807) is 18.2 Å². The van der Waals surface area contributed by atoms with E-state index in [4.69, 9.17) is 4.52 Å². The van der Waals surface area contributed by atoms with Crippen molar-refractivity contribution in [1.29, 1.82) is 0 Å². The molecular formula is C15H12FN3O. The molecule has 0 aliphatic heterocycles. The van der Waals surface area contributed by atoms with E-state index < -0.39 is 0 Å². The molecule has 1 N–H and O–H groups in total. The first kappa shape index (κ1) is 12.3. The van der Waals surface area contributed by atoms with Crippen LogP contribution in [0.15, 0.2) is 59.1 Å². The van der Waals surface area contributed by atoms with E-state index in [0.29, 0.717) is 12.1 Å². The topological polar surface area (TPSA) is 51.0 Å². The van der Waals surface area contributed by atoms with Gasteiger partial charge in [0, 0.05) is 6.54 Å². The van der Waals surface area contributed by atoms with E-state index in [2.05, 4.69) is 15.5 Å². The van der Waals surface area contributed by atoms with Crippen LogP contribution in [0.2, 0.25) is 0 Å². The van der Waals surface area contributed by atoms with Crippen LogP contribution in [0, 0.1) is 5.82 Å². The summed E-state index contributed by atoms with van der Waals surface area (Å²) < 4.78 is 18.7. The highest BCUT2D eigenvalue weighted by molar-refractivity contribution is 5.56. The molecule has 0 fully saturated rings. The Hall–Kier alpha value is -2.69. The predicted molar refractivity (Wildman–Crippen MR) is 73.5 cm³/mol. The van der Waals surface area contributed by atoms with E-state index >= 15 is 0 Å². The SMILES string of the molecule is Fc1ccccc1-c1noc(NCc2ccccc2)n1. The average Bonchev–Trinajstić information content (AvgIpc) is 2.95. The summed E-state index contributed by atoms with van der Waals surface area (Å²) in [7, 11) is 0. The number of nitrogens with zero attached hydrogens (tertiary/aromatic N) is 2. The Morgan fingerprint density at radius 2 is 1.75 bits per heavy atom. The first-order chi connectivity index (χ1) is 9.83. The number of benzene rings is 2. The van der Waals surface area contributed by atoms with Crippen molar-refractivity contribution in [2.75, 3.05) is 5.32 Å². The Morgan fingerprint density at radius 1 is 1.00 bits per heavy atom. The number of rotatable bonds is 4. The van der Waals surface area contributed by atoms with E-state index in [-0.39, 0.29) is 17.7 Å². The lowest BCUT2D eigenvalue weighted by Gasteiger charge is -2.00. The lowest BCUT2D eigenvalue weighted by Crippen LogP contribution is -1.99. The highest BCUT2D eigenvalue weighted by Crippen LogP contribution is 2.20. The summed E-state index contributed by atoms with van der Waals surface area (Å²) in [6.45, 7) is 0.569. The fourth-order valence-corrected chi connectivity index (χ4v) is 1.82. The number of anilines is 1. The molecule has 0 aliphatic carbocycles. The van der Waals surface area contributed by atoms with Crippen LogP contribution in [0.3, 0.4) is 0 Å². The minimum Gasteiger partial charge on any atom is -0.334 e. The van der Waals surface area contributed by atoms with Crippen LogP contribution >= 0.6 is 0 Å². The van der Waals surface area contributed by atoms with Gasteiger partial charge in [-0.3, -0.25) is 0 Å². The molecule has 0 spiro atoms. The summed E-state index contributed by atoms with van der Waals surface area (Å²) in [6, 6.07) is 16.4. The third-order valence-corrected chi connectivity index (χ3v) is 2.83. The highest BCUT2D eigenvalue weighted by atomic mass is 19.1. The van der Waals surface area contributed by atoms with Gasteiger partial charge in [-0.2, -0.15) is 4.98 Å². The summed E-state index contributed by atoms with van der Waals surface area (Å²) in [5, 5.41) is 6.78. The molecule has 0 saturated carbocycles. The summed E-state index contributed by atoms with van der Waals surface area (Å²) in [6.07, 6.45) is 0. The normalized spacial score (nSPS) is 10.4. The smallest absolute Gasteiger partial charge is 0.322 e. The summed E-state index contributed by atoms with van der Waals surface area (Å²) in [5.41, 5.74) is 1.42. The summed E-state index contributed by atoms with van der Waals surface area (Å²) in [5.74, 6) is -0.137. The monoisotopic (exact) mass is 269 g/mol. The van der Waals surface area contributed by atoms with Crippen LogP contribution < -0.4 is 5.32 Å². The number of aromatic nitrogens is 2. The Morgan fingerprint density at radius 3 is 2.55 bits per heavy atom. The Bertz CT molecular complexity index is 697. The van der Waals surface area contributed by atoms with Gasteiger partial charge in [-0.25, -0.2) is 4.39 Å². The zero-order valence-electron chi connectivity index (χ0n) is 10.6. The lowest BCUT2D eigenvalue weighted by atomic mass is 10.2. The van der Waals surface area contributed by atoms with Gasteiger partial charge in [0.05, 0.1) is 5.56 Å². The maximum absolute atomic E-state index is 13.6. The first-order valence-corrected chi connectivity index (χ1v) is 6.19. The van der Waals surface area contributed by atoms with Crippen molar-refractivity contribution < 1.29 is 8.91 Å². The molecule has 0 unspecified atom stereocenters. The molecule has 0 atom stereocenters. The standard InChI is InChI=1S/C15H12FN3O/c16-13-9-5-4-8-12(13)14-18-15(20-19-14)17-10-11-6-2-1-3-7-11/h1-9H,10H2,(H,17,18,19). The van der Waals surface area contributed by atoms with E-state index in [0.717, 1.165) is 5.56 Å². The molecule has 1 heterocycles. The molecule has 20 heavy (non-hydrogen) atoms. The first-order valence-electron chi connectivity index (χ1n) is 6.19. The van der Waals surface area contributed by atoms with Gasteiger partial charge in [0.2, 0.25) is 5.82 Å². The zero-order valence-corrected chi connectivity index (χ0v) is 10.6. The molecule has 4 nitrogen and oxygen atoms in total. The molecule has 0 radical (unpaired) electrons. The van der Waals surface area contributed by atoms with Crippen molar-refractivity contribution in [2.24, 2.45) is 0 Å². The van der Waals surface area contributed by atoms with Gasteiger partial charge < -0.3 is 9.84 Å². The molecule has 5 heteroatoms. The molecule has 0 amide bonds. The second-order valence-electron chi connectivity index (χ2n) is 4.24. The largest absolute Gasteiger partial charge is 0.334 e. The molecule has 1 aromatic heterocycles. The number of hydrogen-bond acceptors (Lipinski definition) is 4. The maximum atomic E-state index is 13.6. The van der Waals surface area contributed by atoms with Gasteiger partial charge in [-0.1, -0.05) is 47.6 Å². The van der Waals surface area contributed by atoms with Crippen molar-refractivity contribution >= 4 is 6.01 Å². The molecule has 3 aromatic rings. The van der Waals surface area contributed by atoms with Gasteiger partial charge >= 0.3 is 6.01 Å². The van der Waals surface area contributed by atoms with Crippen molar-refractivity contribution in [2.45, 2.75) is 6.54 Å². The van der Waals surface area contributed by atoms with E-state index in [1.165, 1.54) is 6.07 Å². The van der Waals surface area contributed by atoms with Crippen molar-refractivity contribution in [3.8, 4) is 11.4 Å². The molecule has 0 bridgehead atoms. The van der Waals surface area contributed by atoms with Gasteiger partial charge in [0.15, 0.2) is 0 Å². The Balaban J connectivity index is 1.73. The van der Waals surface area contributed by atoms with Crippen LogP contribution in [0.25, 0.3) is 11.4 Å². The Labute approximate surface area is 115 Å². The number of nitrogens with one attached hydrogen (secondary N) is 1. The second-order valence-corrected chi connectivity index (χ2v) is 4.24. The van der Waals surface area contributed by atoms with Gasteiger partial charge in [-0.05, 0) is 17.7 Å². The van der Waals surface area contributed by atoms with Crippen LogP contribution in [-0.2, 0) is 6.54 Å². The molecular weight excluding hydrogens is 257 g/mol. The van der Waals surface area contributed by atoms with Gasteiger partial charge in [0.1, 0.15) is 5.82 Å². The fourth-order valence-electron chi connectivity index (χ4n) is 1.82. The van der Waals surface area contributed by atoms with Crippen LogP contribution in [0.5, 0.6) is 0 Å². The maximum Gasteiger partial charge on any atom is 0.322 e. The van der Waals surface area contributed by atoms with Crippen LogP contribution in [0.4, 0.5) is 10.4 Å². The molecule has 3 rings (SSSR count). The van der Waals surface area contributed by atoms with Crippen molar-refractivity contribution in [1.82, 2.24) is 10.1 Å². The average molecular weight is 269 g/mol. The minimum atomic E-state index is -0.372. The van der Waals surface area contributed by atoms with Crippen LogP contribution in [-0.4, -0.2) is 10.1 Å². The van der Waals surface area contributed by atoms with Crippen molar-refractivity contribution in [3.05, 3.63) is 66.0 Å². The predicted octanol–water partition coefficient (Wildman–Crippen LogP) is 3.49. The van der Waals surface area contributed by atoms with E-state index in [9.17, 15) is 4.39 Å². The second kappa shape index (κ2) is 5.52. The quantitative estimate of drug-likeness (QED) is 0.787. The minimum absolute atomic E-state index is 0.235. The van der Waals surface area contributed by atoms with Crippen molar-refractivity contribution in [3.63, 3.8) is 0 Å². The van der Waals surface area contributed by atoms with Gasteiger partial charge in [0.25, 0.3) is 0 Å². The fraction of sp³-hybridized carbons (Fsp3) is 0.0667. The molecule has 0 aliphatic rings. The van der Waals surface area contributed by atoms with E-state index in [1.807, 2.05) is 30.3 Å². The highest BCUT2D eigenvalue weighted by Gasteiger charge is 2.11. The lowest BCUT2D eigenvalue weighted by molar-refractivity contribution is 0.431. The van der Waals surface area contributed by atoms with Gasteiger partial charge in [-0.15, -0.1) is 0 Å². The summed E-state index contributed by atoms with van der Waals surface area (Å²) in [4.78, 5) is 4.13.